The Kier molecular flexibility index (Phi) is 1.44. The minimum atomic E-state index is -0.510. The summed E-state index contributed by atoms with van der Waals surface area (Å²) in [6.45, 7) is 1.58. The van der Waals surface area contributed by atoms with Gasteiger partial charge in [0.25, 0.3) is 5.43 Å². The molecule has 0 aliphatic carbocycles. The minimum absolute atomic E-state index is 0.0696. The first-order valence-electron chi connectivity index (χ1n) is 3.50. The summed E-state index contributed by atoms with van der Waals surface area (Å²) in [7, 11) is 0. The number of rotatable bonds is 1. The van der Waals surface area contributed by atoms with Crippen LogP contribution in [0, 0.1) is 11.8 Å². The van der Waals surface area contributed by atoms with Crippen LogP contribution in [0.15, 0.2) is 16.3 Å². The van der Waals surface area contributed by atoms with Gasteiger partial charge in [0.1, 0.15) is 6.33 Å². The summed E-state index contributed by atoms with van der Waals surface area (Å²) in [5.41, 5.74) is -0.197. The summed E-state index contributed by atoms with van der Waals surface area (Å²) < 4.78 is 1.34. The maximum Gasteiger partial charge on any atom is 0.255 e. The second-order valence-corrected chi connectivity index (χ2v) is 2.53. The molecule has 0 aromatic carbocycles. The van der Waals surface area contributed by atoms with Gasteiger partial charge in [0.15, 0.2) is 5.69 Å². The van der Waals surface area contributed by atoms with E-state index in [1.807, 2.05) is 0 Å². The van der Waals surface area contributed by atoms with E-state index in [-0.39, 0.29) is 11.3 Å². The lowest BCUT2D eigenvalue weighted by molar-refractivity contribution is 0.887. The fourth-order valence-electron chi connectivity index (χ4n) is 1.09. The van der Waals surface area contributed by atoms with Gasteiger partial charge in [0.2, 0.25) is 5.65 Å². The SMILES string of the molecule is Cc1[nH]n2cnnc2c(=O)c1N=O. The highest BCUT2D eigenvalue weighted by molar-refractivity contribution is 5.51. The average molecular weight is 179 g/mol. The summed E-state index contributed by atoms with van der Waals surface area (Å²) in [6, 6.07) is 0. The highest BCUT2D eigenvalue weighted by atomic mass is 16.3. The Balaban J connectivity index is 3.01. The monoisotopic (exact) mass is 179 g/mol. The molecule has 0 amide bonds. The Hall–Kier alpha value is -2.05. The standard InChI is InChI=1S/C6H5N5O2/c1-3-4(10-13)5(12)6-8-7-2-11(6)9-3/h2,9H,1H3. The smallest absolute Gasteiger partial charge is 0.255 e. The normalized spacial score (nSPS) is 10.5. The Bertz CT molecular complexity index is 525. The molecule has 13 heavy (non-hydrogen) atoms. The maximum absolute atomic E-state index is 11.4. The van der Waals surface area contributed by atoms with Crippen molar-refractivity contribution in [2.24, 2.45) is 5.18 Å². The van der Waals surface area contributed by atoms with E-state index in [2.05, 4.69) is 20.5 Å². The van der Waals surface area contributed by atoms with Crippen LogP contribution in [0.3, 0.4) is 0 Å². The average Bonchev–Trinajstić information content (AvgIpc) is 2.53. The molecule has 7 nitrogen and oxygen atoms in total. The molecular weight excluding hydrogens is 174 g/mol. The van der Waals surface area contributed by atoms with Crippen molar-refractivity contribution in [1.29, 1.82) is 0 Å². The van der Waals surface area contributed by atoms with Gasteiger partial charge in [-0.1, -0.05) is 0 Å². The first kappa shape index (κ1) is 7.59. The van der Waals surface area contributed by atoms with Gasteiger partial charge in [0, 0.05) is 0 Å². The lowest BCUT2D eigenvalue weighted by Gasteiger charge is -1.97. The molecule has 0 aliphatic heterocycles. The Morgan fingerprint density at radius 2 is 2.38 bits per heavy atom. The quantitative estimate of drug-likeness (QED) is 0.629. The van der Waals surface area contributed by atoms with E-state index in [1.54, 1.807) is 6.92 Å². The van der Waals surface area contributed by atoms with Crippen LogP contribution in [0.25, 0.3) is 5.65 Å². The molecule has 0 radical (unpaired) electrons. The third kappa shape index (κ3) is 0.934. The molecule has 0 atom stereocenters. The number of aromatic amines is 1. The van der Waals surface area contributed by atoms with Crippen molar-refractivity contribution in [2.75, 3.05) is 0 Å². The summed E-state index contributed by atoms with van der Waals surface area (Å²) in [4.78, 5) is 21.7. The number of aryl methyl sites for hydroxylation is 1. The maximum atomic E-state index is 11.4. The van der Waals surface area contributed by atoms with E-state index < -0.39 is 5.43 Å². The van der Waals surface area contributed by atoms with E-state index in [1.165, 1.54) is 10.8 Å². The first-order chi connectivity index (χ1) is 6.24. The Morgan fingerprint density at radius 3 is 3.08 bits per heavy atom. The van der Waals surface area contributed by atoms with Crippen LogP contribution in [0.4, 0.5) is 5.69 Å². The molecule has 0 unspecified atom stereocenters. The second-order valence-electron chi connectivity index (χ2n) is 2.53. The minimum Gasteiger partial charge on any atom is -0.293 e. The molecule has 66 valence electrons. The fraction of sp³-hybridized carbons (Fsp3) is 0.167. The summed E-state index contributed by atoms with van der Waals surface area (Å²) in [6.07, 6.45) is 1.35. The number of hydrogen-bond acceptors (Lipinski definition) is 5. The van der Waals surface area contributed by atoms with Crippen molar-refractivity contribution in [3.63, 3.8) is 0 Å². The molecule has 2 aromatic rings. The van der Waals surface area contributed by atoms with E-state index in [0.29, 0.717) is 5.69 Å². The van der Waals surface area contributed by atoms with Gasteiger partial charge in [-0.15, -0.1) is 15.1 Å². The van der Waals surface area contributed by atoms with Crippen LogP contribution in [-0.4, -0.2) is 19.8 Å². The van der Waals surface area contributed by atoms with Gasteiger partial charge < -0.3 is 0 Å². The zero-order valence-electron chi connectivity index (χ0n) is 6.68. The molecule has 0 saturated heterocycles. The molecule has 7 heteroatoms. The molecular formula is C6H5N5O2. The first-order valence-corrected chi connectivity index (χ1v) is 3.50. The Morgan fingerprint density at radius 1 is 1.62 bits per heavy atom. The van der Waals surface area contributed by atoms with E-state index in [0.717, 1.165) is 0 Å². The van der Waals surface area contributed by atoms with Gasteiger partial charge in [-0.2, -0.15) is 0 Å². The topological polar surface area (TPSA) is 92.5 Å². The molecule has 0 bridgehead atoms. The van der Waals surface area contributed by atoms with Gasteiger partial charge >= 0.3 is 0 Å². The number of nitrogens with zero attached hydrogens (tertiary/aromatic N) is 4. The number of nitrogens with one attached hydrogen (secondary N) is 1. The van der Waals surface area contributed by atoms with E-state index >= 15 is 0 Å². The lowest BCUT2D eigenvalue weighted by Crippen LogP contribution is -2.10. The molecule has 0 aliphatic rings. The van der Waals surface area contributed by atoms with Crippen LogP contribution in [0.2, 0.25) is 0 Å². The molecule has 0 saturated carbocycles. The van der Waals surface area contributed by atoms with Gasteiger partial charge in [-0.05, 0) is 12.1 Å². The predicted octanol–water partition coefficient (Wildman–Crippen LogP) is 0.124. The second kappa shape index (κ2) is 2.47. The summed E-state index contributed by atoms with van der Waals surface area (Å²) in [5, 5.41) is 12.4. The molecule has 2 rings (SSSR count). The third-order valence-corrected chi connectivity index (χ3v) is 1.70. The van der Waals surface area contributed by atoms with Crippen LogP contribution in [0.5, 0.6) is 0 Å². The van der Waals surface area contributed by atoms with Crippen LogP contribution in [0.1, 0.15) is 5.69 Å². The van der Waals surface area contributed by atoms with Gasteiger partial charge in [-0.25, -0.2) is 4.52 Å². The van der Waals surface area contributed by atoms with Gasteiger partial charge in [0.05, 0.1) is 5.69 Å². The zero-order chi connectivity index (χ0) is 9.42. The number of nitroso groups, excluding NO2 is 1. The van der Waals surface area contributed by atoms with E-state index in [4.69, 9.17) is 0 Å². The van der Waals surface area contributed by atoms with Crippen molar-refractivity contribution in [1.82, 2.24) is 19.8 Å². The fourth-order valence-corrected chi connectivity index (χ4v) is 1.09. The largest absolute Gasteiger partial charge is 0.293 e. The van der Waals surface area contributed by atoms with Crippen molar-refractivity contribution < 1.29 is 0 Å². The van der Waals surface area contributed by atoms with Gasteiger partial charge in [-0.3, -0.25) is 9.89 Å². The number of hydrogen-bond donors (Lipinski definition) is 1. The molecule has 0 fully saturated rings. The lowest BCUT2D eigenvalue weighted by atomic mass is 10.3. The van der Waals surface area contributed by atoms with Crippen LogP contribution < -0.4 is 5.43 Å². The number of fused-ring (bicyclic) bond motifs is 1. The van der Waals surface area contributed by atoms with Crippen molar-refractivity contribution in [3.8, 4) is 0 Å². The molecule has 2 heterocycles. The van der Waals surface area contributed by atoms with E-state index in [9.17, 15) is 9.70 Å². The predicted molar refractivity (Wildman–Crippen MR) is 43.8 cm³/mol. The summed E-state index contributed by atoms with van der Waals surface area (Å²) >= 11 is 0. The molecule has 1 N–H and O–H groups in total. The van der Waals surface area contributed by atoms with Crippen molar-refractivity contribution >= 4 is 11.3 Å². The zero-order valence-corrected chi connectivity index (χ0v) is 6.68. The highest BCUT2D eigenvalue weighted by Crippen LogP contribution is 2.09. The third-order valence-electron chi connectivity index (χ3n) is 1.70. The van der Waals surface area contributed by atoms with Crippen molar-refractivity contribution in [2.45, 2.75) is 6.92 Å². The van der Waals surface area contributed by atoms with Crippen LogP contribution in [-0.2, 0) is 0 Å². The van der Waals surface area contributed by atoms with Crippen LogP contribution >= 0.6 is 0 Å². The van der Waals surface area contributed by atoms with Crippen molar-refractivity contribution in [3.05, 3.63) is 27.2 Å². The highest BCUT2D eigenvalue weighted by Gasteiger charge is 2.10. The number of H-pyrrole nitrogens is 1. The number of aromatic nitrogens is 4. The Labute approximate surface area is 71.4 Å². The molecule has 0 spiro atoms. The molecule has 2 aromatic heterocycles. The summed E-state index contributed by atoms with van der Waals surface area (Å²) in [5.74, 6) is 0.